The van der Waals surface area contributed by atoms with Crippen molar-refractivity contribution in [1.29, 1.82) is 0 Å². The molecule has 0 radical (unpaired) electrons. The van der Waals surface area contributed by atoms with Crippen molar-refractivity contribution in [2.24, 2.45) is 5.92 Å². The molecule has 3 aliphatic heterocycles. The Hall–Kier alpha value is -4.14. The normalized spacial score (nSPS) is 23.5. The van der Waals surface area contributed by atoms with E-state index in [9.17, 15) is 14.7 Å². The Bertz CT molecular complexity index is 1690. The van der Waals surface area contributed by atoms with Crippen LogP contribution in [0.2, 0.25) is 0 Å². The second kappa shape index (κ2) is 14.5. The molecule has 2 fully saturated rings. The van der Waals surface area contributed by atoms with E-state index in [1.165, 1.54) is 37.0 Å². The molecular formula is C41H44N2O5. The lowest BCUT2D eigenvalue weighted by Crippen LogP contribution is -2.45. The predicted molar refractivity (Wildman–Crippen MR) is 185 cm³/mol. The number of carbonyl (C=O) groups is 2. The van der Waals surface area contributed by atoms with Crippen LogP contribution in [0.3, 0.4) is 0 Å². The van der Waals surface area contributed by atoms with E-state index in [1.807, 2.05) is 36.4 Å². The molecule has 7 rings (SSSR count). The minimum Gasteiger partial charge on any atom is -0.392 e. The quantitative estimate of drug-likeness (QED) is 0.198. The number of hydrogen-bond donors (Lipinski definition) is 1. The van der Waals surface area contributed by atoms with Gasteiger partial charge in [-0.2, -0.15) is 0 Å². The molecule has 0 bridgehead atoms. The van der Waals surface area contributed by atoms with Gasteiger partial charge >= 0.3 is 0 Å². The highest BCUT2D eigenvalue weighted by atomic mass is 16.7. The minimum atomic E-state index is -0.516. The summed E-state index contributed by atoms with van der Waals surface area (Å²) >= 11 is 0. The molecule has 2 amide bonds. The van der Waals surface area contributed by atoms with Gasteiger partial charge in [0.1, 0.15) is 0 Å². The van der Waals surface area contributed by atoms with Crippen molar-refractivity contribution in [3.05, 3.63) is 130 Å². The lowest BCUT2D eigenvalue weighted by molar-refractivity contribution is -0.276. The lowest BCUT2D eigenvalue weighted by atomic mass is 9.89. The van der Waals surface area contributed by atoms with Crippen LogP contribution in [-0.4, -0.2) is 52.5 Å². The minimum absolute atomic E-state index is 0.00389. The SMILES string of the molecule is CC1C(CN2CCCCCCC2)OC(c2ccc(-c3cccc(CN4C(=O)c5ccccc5C4=O)c3)cc2)OC1c1ccc(CO)cc1. The van der Waals surface area contributed by atoms with Crippen molar-refractivity contribution in [3.63, 3.8) is 0 Å². The number of benzene rings is 4. The van der Waals surface area contributed by atoms with E-state index < -0.39 is 6.29 Å². The fraction of sp³-hybridized carbons (Fsp3) is 0.366. The summed E-state index contributed by atoms with van der Waals surface area (Å²) in [5.74, 6) is -0.352. The molecule has 248 valence electrons. The van der Waals surface area contributed by atoms with Crippen LogP contribution in [0.4, 0.5) is 0 Å². The van der Waals surface area contributed by atoms with Gasteiger partial charge in [0.2, 0.25) is 0 Å². The molecule has 4 aromatic carbocycles. The van der Waals surface area contributed by atoms with Crippen molar-refractivity contribution in [2.45, 2.75) is 70.7 Å². The molecule has 4 unspecified atom stereocenters. The fourth-order valence-electron chi connectivity index (χ4n) is 7.33. The standard InChI is InChI=1S/C41H44N2O5/c1-28-37(26-42-22-7-3-2-4-8-23-42)47-41(48-38(28)32-16-14-29(27-44)15-17-32)33-20-18-31(19-21-33)34-11-9-10-30(24-34)25-43-39(45)35-12-5-6-13-36(35)40(43)46/h5-6,9-21,24,28,37-38,41,44H,2-4,7-8,22-23,25-27H2,1H3. The van der Waals surface area contributed by atoms with Crippen LogP contribution in [0, 0.1) is 5.92 Å². The summed E-state index contributed by atoms with van der Waals surface area (Å²) in [4.78, 5) is 29.8. The van der Waals surface area contributed by atoms with E-state index in [0.29, 0.717) is 11.1 Å². The monoisotopic (exact) mass is 644 g/mol. The summed E-state index contributed by atoms with van der Waals surface area (Å²) in [5, 5.41) is 9.60. The number of amides is 2. The number of aliphatic hydroxyl groups excluding tert-OH is 1. The smallest absolute Gasteiger partial charge is 0.261 e. The Morgan fingerprint density at radius 2 is 1.33 bits per heavy atom. The summed E-state index contributed by atoms with van der Waals surface area (Å²) in [6.45, 7) is 5.56. The van der Waals surface area contributed by atoms with Crippen LogP contribution in [0.25, 0.3) is 11.1 Å². The van der Waals surface area contributed by atoms with Crippen molar-refractivity contribution in [2.75, 3.05) is 19.6 Å². The number of nitrogens with zero attached hydrogens (tertiary/aromatic N) is 2. The molecule has 1 N–H and O–H groups in total. The third-order valence-corrected chi connectivity index (χ3v) is 10.2. The van der Waals surface area contributed by atoms with E-state index >= 15 is 0 Å². The van der Waals surface area contributed by atoms with Crippen LogP contribution >= 0.6 is 0 Å². The first-order valence-electron chi connectivity index (χ1n) is 17.4. The maximum Gasteiger partial charge on any atom is 0.261 e. The average Bonchev–Trinajstić information content (AvgIpc) is 3.35. The Balaban J connectivity index is 1.09. The molecular weight excluding hydrogens is 600 g/mol. The van der Waals surface area contributed by atoms with Gasteiger partial charge in [-0.3, -0.25) is 14.5 Å². The molecule has 3 heterocycles. The maximum atomic E-state index is 12.9. The number of rotatable bonds is 8. The van der Waals surface area contributed by atoms with Crippen LogP contribution in [-0.2, 0) is 22.6 Å². The Morgan fingerprint density at radius 1 is 0.688 bits per heavy atom. The number of carbonyl (C=O) groups excluding carboxylic acids is 2. The van der Waals surface area contributed by atoms with Crippen molar-refractivity contribution >= 4 is 11.8 Å². The number of likely N-dealkylation sites (tertiary alicyclic amines) is 1. The van der Waals surface area contributed by atoms with Crippen LogP contribution in [0.1, 0.15) is 94.4 Å². The van der Waals surface area contributed by atoms with E-state index in [2.05, 4.69) is 48.2 Å². The Kier molecular flexibility index (Phi) is 9.82. The first-order valence-corrected chi connectivity index (χ1v) is 17.4. The van der Waals surface area contributed by atoms with E-state index in [0.717, 1.165) is 53.0 Å². The first-order chi connectivity index (χ1) is 23.5. The first kappa shape index (κ1) is 32.4. The highest BCUT2D eigenvalue weighted by Crippen LogP contribution is 2.42. The second-order valence-corrected chi connectivity index (χ2v) is 13.5. The van der Waals surface area contributed by atoms with Gasteiger partial charge in [0.15, 0.2) is 6.29 Å². The van der Waals surface area contributed by atoms with Gasteiger partial charge in [-0.05, 0) is 71.9 Å². The molecule has 0 aliphatic carbocycles. The molecule has 4 aromatic rings. The highest BCUT2D eigenvalue weighted by molar-refractivity contribution is 6.21. The van der Waals surface area contributed by atoms with E-state index in [4.69, 9.17) is 9.47 Å². The zero-order valence-corrected chi connectivity index (χ0v) is 27.6. The molecule has 48 heavy (non-hydrogen) atoms. The third kappa shape index (κ3) is 6.87. The molecule has 0 spiro atoms. The molecule has 3 aliphatic rings. The highest BCUT2D eigenvalue weighted by Gasteiger charge is 2.39. The van der Waals surface area contributed by atoms with E-state index in [-0.39, 0.29) is 43.1 Å². The summed E-state index contributed by atoms with van der Waals surface area (Å²) in [6, 6.07) is 31.4. The molecule has 0 aromatic heterocycles. The summed E-state index contributed by atoms with van der Waals surface area (Å²) < 4.78 is 13.5. The summed E-state index contributed by atoms with van der Waals surface area (Å²) in [6.07, 6.45) is 5.72. The van der Waals surface area contributed by atoms with E-state index in [1.54, 1.807) is 24.3 Å². The second-order valence-electron chi connectivity index (χ2n) is 13.5. The lowest BCUT2D eigenvalue weighted by Gasteiger charge is -2.43. The van der Waals surface area contributed by atoms with Crippen molar-refractivity contribution in [1.82, 2.24) is 9.80 Å². The predicted octanol–water partition coefficient (Wildman–Crippen LogP) is 7.70. The third-order valence-electron chi connectivity index (χ3n) is 10.2. The number of ether oxygens (including phenoxy) is 2. The zero-order chi connectivity index (χ0) is 33.0. The maximum absolute atomic E-state index is 12.9. The molecule has 7 nitrogen and oxygen atoms in total. The molecule has 7 heteroatoms. The molecule has 0 saturated carbocycles. The number of imide groups is 1. The van der Waals surface area contributed by atoms with Gasteiger partial charge in [-0.15, -0.1) is 0 Å². The van der Waals surface area contributed by atoms with Crippen molar-refractivity contribution in [3.8, 4) is 11.1 Å². The Labute approximate surface area is 283 Å². The fourth-order valence-corrected chi connectivity index (χ4v) is 7.33. The average molecular weight is 645 g/mol. The number of hydrogen-bond acceptors (Lipinski definition) is 6. The largest absolute Gasteiger partial charge is 0.392 e. The van der Waals surface area contributed by atoms with Gasteiger partial charge in [0.05, 0.1) is 36.5 Å². The van der Waals surface area contributed by atoms with Crippen LogP contribution < -0.4 is 0 Å². The molecule has 4 atom stereocenters. The summed E-state index contributed by atoms with van der Waals surface area (Å²) in [5.41, 5.74) is 6.79. The topological polar surface area (TPSA) is 79.3 Å². The summed E-state index contributed by atoms with van der Waals surface area (Å²) in [7, 11) is 0. The van der Waals surface area contributed by atoms with Crippen LogP contribution in [0.15, 0.2) is 97.1 Å². The van der Waals surface area contributed by atoms with Gasteiger partial charge in [0.25, 0.3) is 11.8 Å². The van der Waals surface area contributed by atoms with Gasteiger partial charge in [-0.25, -0.2) is 0 Å². The molecule has 2 saturated heterocycles. The zero-order valence-electron chi connectivity index (χ0n) is 27.6. The van der Waals surface area contributed by atoms with Crippen LogP contribution in [0.5, 0.6) is 0 Å². The Morgan fingerprint density at radius 3 is 2.00 bits per heavy atom. The number of aliphatic hydroxyl groups is 1. The van der Waals surface area contributed by atoms with Gasteiger partial charge < -0.3 is 19.5 Å². The number of fused-ring (bicyclic) bond motifs is 1. The van der Waals surface area contributed by atoms with Crippen molar-refractivity contribution < 1.29 is 24.2 Å². The van der Waals surface area contributed by atoms with Gasteiger partial charge in [-0.1, -0.05) is 105 Å². The van der Waals surface area contributed by atoms with Gasteiger partial charge in [0, 0.05) is 18.0 Å².